The number of nitrogens with two attached hydrogens (primary N) is 1. The van der Waals surface area contributed by atoms with Gasteiger partial charge in [-0.25, -0.2) is 0 Å². The van der Waals surface area contributed by atoms with E-state index in [4.69, 9.17) is 10.5 Å². The molecule has 0 bridgehead atoms. The summed E-state index contributed by atoms with van der Waals surface area (Å²) in [7, 11) is 1.50. The first-order valence-electron chi connectivity index (χ1n) is 6.83. The van der Waals surface area contributed by atoms with Gasteiger partial charge < -0.3 is 20.3 Å². The largest absolute Gasteiger partial charge is 0.375 e. The summed E-state index contributed by atoms with van der Waals surface area (Å²) >= 11 is 0. The first-order chi connectivity index (χ1) is 8.98. The maximum atomic E-state index is 12.4. The molecule has 0 aromatic heterocycles. The van der Waals surface area contributed by atoms with Crippen LogP contribution in [-0.2, 0) is 14.3 Å². The molecule has 6 nitrogen and oxygen atoms in total. The highest BCUT2D eigenvalue weighted by Crippen LogP contribution is 2.16. The first-order valence-corrected chi connectivity index (χ1v) is 6.83. The zero-order valence-corrected chi connectivity index (χ0v) is 12.1. The molecule has 0 aromatic carbocycles. The molecule has 1 rings (SSSR count). The number of carbonyl (C=O) groups excluding carboxylic acids is 2. The second-order valence-corrected chi connectivity index (χ2v) is 4.97. The number of rotatable bonds is 5. The molecular weight excluding hydrogens is 246 g/mol. The Morgan fingerprint density at radius 1 is 1.11 bits per heavy atom. The van der Waals surface area contributed by atoms with Gasteiger partial charge in [-0.2, -0.15) is 0 Å². The second kappa shape index (κ2) is 6.86. The molecular formula is C13H25N3O3. The SMILES string of the molecule is CCC(N)(CC)C(=O)N1CCN(C(=O)COC)CC1. The van der Waals surface area contributed by atoms with Crippen molar-refractivity contribution < 1.29 is 14.3 Å². The van der Waals surface area contributed by atoms with Gasteiger partial charge in [0.1, 0.15) is 6.61 Å². The minimum Gasteiger partial charge on any atom is -0.375 e. The Morgan fingerprint density at radius 2 is 1.58 bits per heavy atom. The monoisotopic (exact) mass is 271 g/mol. The molecule has 0 spiro atoms. The Morgan fingerprint density at radius 3 is 2.00 bits per heavy atom. The van der Waals surface area contributed by atoms with Gasteiger partial charge in [0.2, 0.25) is 11.8 Å². The quantitative estimate of drug-likeness (QED) is 0.752. The Balaban J connectivity index is 2.54. The number of hydrogen-bond acceptors (Lipinski definition) is 4. The predicted octanol–water partition coefficient (Wildman–Crippen LogP) is -0.179. The van der Waals surface area contributed by atoms with Crippen molar-refractivity contribution >= 4 is 11.8 Å². The third kappa shape index (κ3) is 3.67. The van der Waals surface area contributed by atoms with E-state index in [0.29, 0.717) is 39.0 Å². The number of ether oxygens (including phenoxy) is 1. The number of methoxy groups -OCH3 is 1. The van der Waals surface area contributed by atoms with Gasteiger partial charge in [0.25, 0.3) is 0 Å². The molecule has 19 heavy (non-hydrogen) atoms. The number of carbonyl (C=O) groups is 2. The highest BCUT2D eigenvalue weighted by molar-refractivity contribution is 5.86. The Hall–Kier alpha value is -1.14. The van der Waals surface area contributed by atoms with Gasteiger partial charge in [-0.15, -0.1) is 0 Å². The summed E-state index contributed by atoms with van der Waals surface area (Å²) < 4.78 is 4.83. The minimum atomic E-state index is -0.765. The van der Waals surface area contributed by atoms with Crippen molar-refractivity contribution in [3.8, 4) is 0 Å². The fourth-order valence-corrected chi connectivity index (χ4v) is 2.24. The molecule has 0 aliphatic carbocycles. The highest BCUT2D eigenvalue weighted by atomic mass is 16.5. The van der Waals surface area contributed by atoms with E-state index < -0.39 is 5.54 Å². The van der Waals surface area contributed by atoms with Crippen molar-refractivity contribution in [2.24, 2.45) is 5.73 Å². The van der Waals surface area contributed by atoms with Crippen molar-refractivity contribution in [3.05, 3.63) is 0 Å². The van der Waals surface area contributed by atoms with E-state index in [2.05, 4.69) is 0 Å². The molecule has 2 N–H and O–H groups in total. The van der Waals surface area contributed by atoms with E-state index in [9.17, 15) is 9.59 Å². The third-order valence-electron chi connectivity index (χ3n) is 3.88. The predicted molar refractivity (Wildman–Crippen MR) is 72.5 cm³/mol. The van der Waals surface area contributed by atoms with E-state index in [1.165, 1.54) is 7.11 Å². The molecule has 1 aliphatic rings. The molecule has 1 fully saturated rings. The number of piperazine rings is 1. The van der Waals surface area contributed by atoms with Crippen LogP contribution in [-0.4, -0.2) is 67.0 Å². The number of hydrogen-bond donors (Lipinski definition) is 1. The van der Waals surface area contributed by atoms with Gasteiger partial charge in [-0.3, -0.25) is 9.59 Å². The average molecular weight is 271 g/mol. The molecule has 0 radical (unpaired) electrons. The lowest BCUT2D eigenvalue weighted by Gasteiger charge is -2.39. The molecule has 0 unspecified atom stereocenters. The summed E-state index contributed by atoms with van der Waals surface area (Å²) in [6, 6.07) is 0. The maximum absolute atomic E-state index is 12.4. The van der Waals surface area contributed by atoms with Crippen LogP contribution in [0.15, 0.2) is 0 Å². The topological polar surface area (TPSA) is 75.9 Å². The van der Waals surface area contributed by atoms with E-state index in [0.717, 1.165) is 0 Å². The zero-order chi connectivity index (χ0) is 14.5. The molecule has 1 saturated heterocycles. The molecule has 1 aliphatic heterocycles. The maximum Gasteiger partial charge on any atom is 0.248 e. The fraction of sp³-hybridized carbons (Fsp3) is 0.846. The van der Waals surface area contributed by atoms with Crippen molar-refractivity contribution in [3.63, 3.8) is 0 Å². The summed E-state index contributed by atoms with van der Waals surface area (Å²) in [5, 5.41) is 0. The van der Waals surface area contributed by atoms with Crippen LogP contribution in [0.2, 0.25) is 0 Å². The van der Waals surface area contributed by atoms with Crippen LogP contribution < -0.4 is 5.73 Å². The van der Waals surface area contributed by atoms with Gasteiger partial charge in [-0.1, -0.05) is 13.8 Å². The lowest BCUT2D eigenvalue weighted by Crippen LogP contribution is -2.59. The summed E-state index contributed by atoms with van der Waals surface area (Å²) in [5.74, 6) is -0.0315. The number of amides is 2. The van der Waals surface area contributed by atoms with Crippen LogP contribution in [0, 0.1) is 0 Å². The first kappa shape index (κ1) is 15.9. The minimum absolute atomic E-state index is 0.00339. The number of nitrogens with zero attached hydrogens (tertiary/aromatic N) is 2. The van der Waals surface area contributed by atoms with E-state index in [1.807, 2.05) is 13.8 Å². The Kier molecular flexibility index (Phi) is 5.75. The summed E-state index contributed by atoms with van der Waals surface area (Å²) in [4.78, 5) is 27.5. The molecule has 6 heteroatoms. The van der Waals surface area contributed by atoms with Crippen LogP contribution in [0.25, 0.3) is 0 Å². The van der Waals surface area contributed by atoms with E-state index >= 15 is 0 Å². The van der Waals surface area contributed by atoms with Gasteiger partial charge in [0.05, 0.1) is 5.54 Å². The van der Waals surface area contributed by atoms with Crippen LogP contribution in [0.5, 0.6) is 0 Å². The van der Waals surface area contributed by atoms with Crippen molar-refractivity contribution in [2.45, 2.75) is 32.2 Å². The second-order valence-electron chi connectivity index (χ2n) is 4.97. The van der Waals surface area contributed by atoms with Gasteiger partial charge in [0.15, 0.2) is 0 Å². The average Bonchev–Trinajstić information content (AvgIpc) is 2.46. The summed E-state index contributed by atoms with van der Waals surface area (Å²) in [5.41, 5.74) is 5.36. The van der Waals surface area contributed by atoms with Crippen LogP contribution >= 0.6 is 0 Å². The van der Waals surface area contributed by atoms with Crippen molar-refractivity contribution in [1.29, 1.82) is 0 Å². The zero-order valence-electron chi connectivity index (χ0n) is 12.1. The summed E-state index contributed by atoms with van der Waals surface area (Å²) in [6.45, 7) is 6.16. The molecule has 2 amide bonds. The van der Waals surface area contributed by atoms with Crippen LogP contribution in [0.4, 0.5) is 0 Å². The van der Waals surface area contributed by atoms with Gasteiger partial charge >= 0.3 is 0 Å². The van der Waals surface area contributed by atoms with Gasteiger partial charge in [-0.05, 0) is 12.8 Å². The van der Waals surface area contributed by atoms with E-state index in [1.54, 1.807) is 9.80 Å². The Bertz CT molecular complexity index is 321. The third-order valence-corrected chi connectivity index (χ3v) is 3.88. The molecule has 110 valence electrons. The normalized spacial score (nSPS) is 16.6. The van der Waals surface area contributed by atoms with Gasteiger partial charge in [0, 0.05) is 33.3 Å². The van der Waals surface area contributed by atoms with Crippen molar-refractivity contribution in [1.82, 2.24) is 9.80 Å². The highest BCUT2D eigenvalue weighted by Gasteiger charge is 2.35. The van der Waals surface area contributed by atoms with Crippen LogP contribution in [0.1, 0.15) is 26.7 Å². The van der Waals surface area contributed by atoms with Crippen molar-refractivity contribution in [2.75, 3.05) is 39.9 Å². The lowest BCUT2D eigenvalue weighted by atomic mass is 9.92. The molecule has 0 atom stereocenters. The van der Waals surface area contributed by atoms with E-state index in [-0.39, 0.29) is 18.4 Å². The lowest BCUT2D eigenvalue weighted by molar-refractivity contribution is -0.144. The molecule has 1 heterocycles. The fourth-order valence-electron chi connectivity index (χ4n) is 2.24. The Labute approximate surface area is 114 Å². The smallest absolute Gasteiger partial charge is 0.248 e. The molecule has 0 saturated carbocycles. The summed E-state index contributed by atoms with van der Waals surface area (Å²) in [6.07, 6.45) is 1.26. The van der Waals surface area contributed by atoms with Crippen LogP contribution in [0.3, 0.4) is 0 Å². The molecule has 0 aromatic rings. The standard InChI is InChI=1S/C13H25N3O3/c1-4-13(14,5-2)12(18)16-8-6-15(7-9-16)11(17)10-19-3/h4-10,14H2,1-3H3.